The first-order valence-corrected chi connectivity index (χ1v) is 7.38. The zero-order valence-electron chi connectivity index (χ0n) is 11.7. The molecule has 106 valence electrons. The molecule has 1 unspecified atom stereocenters. The Morgan fingerprint density at radius 3 is 2.50 bits per heavy atom. The highest BCUT2D eigenvalue weighted by atomic mass is 16.3. The molecule has 1 rings (SSSR count). The van der Waals surface area contributed by atoms with Gasteiger partial charge in [-0.05, 0) is 38.0 Å². The molecule has 1 aliphatic rings. The third-order valence-electron chi connectivity index (χ3n) is 3.88. The minimum atomic E-state index is -0.420. The van der Waals surface area contributed by atoms with Crippen LogP contribution in [-0.2, 0) is 0 Å². The highest BCUT2D eigenvalue weighted by molar-refractivity contribution is 5.74. The minimum Gasteiger partial charge on any atom is -0.391 e. The largest absolute Gasteiger partial charge is 0.391 e. The molecule has 0 aromatic rings. The van der Waals surface area contributed by atoms with Crippen LogP contribution in [0, 0.1) is 5.92 Å². The lowest BCUT2D eigenvalue weighted by molar-refractivity contribution is 0.159. The Labute approximate surface area is 111 Å². The molecular weight excluding hydrogens is 228 g/mol. The molecule has 0 aliphatic heterocycles. The Bertz CT molecular complexity index is 238. The van der Waals surface area contributed by atoms with E-state index in [-0.39, 0.29) is 6.03 Å². The lowest BCUT2D eigenvalue weighted by Gasteiger charge is -2.28. The number of carbonyl (C=O) groups is 1. The molecule has 2 amide bonds. The molecule has 0 aromatic heterocycles. The highest BCUT2D eigenvalue weighted by Crippen LogP contribution is 2.26. The predicted octanol–water partition coefficient (Wildman–Crippen LogP) is 2.42. The van der Waals surface area contributed by atoms with Crippen LogP contribution >= 0.6 is 0 Å². The van der Waals surface area contributed by atoms with Crippen molar-refractivity contribution >= 4 is 6.03 Å². The quantitative estimate of drug-likeness (QED) is 0.683. The van der Waals surface area contributed by atoms with E-state index in [2.05, 4.69) is 17.6 Å². The Morgan fingerprint density at radius 2 is 1.94 bits per heavy atom. The van der Waals surface area contributed by atoms with Gasteiger partial charge in [0.1, 0.15) is 0 Å². The van der Waals surface area contributed by atoms with Gasteiger partial charge in [0.15, 0.2) is 0 Å². The van der Waals surface area contributed by atoms with Gasteiger partial charge in [-0.15, -0.1) is 0 Å². The monoisotopic (exact) mass is 256 g/mol. The molecular formula is C14H28N2O2. The van der Waals surface area contributed by atoms with Crippen LogP contribution in [0.4, 0.5) is 4.79 Å². The standard InChI is InChI=1S/C14H28N2O2/c1-3-5-13(17)10-15-14(18)16-12-8-6-11(4-2)7-9-12/h11-13,17H,3-10H2,1-2H3,(H2,15,16,18). The first-order chi connectivity index (χ1) is 8.65. The van der Waals surface area contributed by atoms with Gasteiger partial charge < -0.3 is 15.7 Å². The molecule has 0 radical (unpaired) electrons. The zero-order chi connectivity index (χ0) is 13.4. The van der Waals surface area contributed by atoms with Gasteiger partial charge in [-0.25, -0.2) is 4.79 Å². The van der Waals surface area contributed by atoms with Crippen molar-refractivity contribution in [3.8, 4) is 0 Å². The van der Waals surface area contributed by atoms with Crippen molar-refractivity contribution in [2.75, 3.05) is 6.54 Å². The van der Waals surface area contributed by atoms with Crippen LogP contribution in [0.5, 0.6) is 0 Å². The SMILES string of the molecule is CCCC(O)CNC(=O)NC1CCC(CC)CC1. The number of rotatable bonds is 6. The van der Waals surface area contributed by atoms with Gasteiger partial charge in [-0.3, -0.25) is 0 Å². The summed E-state index contributed by atoms with van der Waals surface area (Å²) >= 11 is 0. The summed E-state index contributed by atoms with van der Waals surface area (Å²) in [5, 5.41) is 15.3. The van der Waals surface area contributed by atoms with Crippen LogP contribution in [0.15, 0.2) is 0 Å². The van der Waals surface area contributed by atoms with Gasteiger partial charge in [-0.2, -0.15) is 0 Å². The number of nitrogens with one attached hydrogen (secondary N) is 2. The molecule has 1 saturated carbocycles. The van der Waals surface area contributed by atoms with Crippen LogP contribution in [0.2, 0.25) is 0 Å². The molecule has 4 nitrogen and oxygen atoms in total. The Balaban J connectivity index is 2.13. The lowest BCUT2D eigenvalue weighted by atomic mass is 9.85. The molecule has 1 atom stereocenters. The molecule has 0 spiro atoms. The molecule has 1 fully saturated rings. The Morgan fingerprint density at radius 1 is 1.28 bits per heavy atom. The fraction of sp³-hybridized carbons (Fsp3) is 0.929. The number of amides is 2. The number of urea groups is 1. The van der Waals surface area contributed by atoms with Crippen molar-refractivity contribution in [3.63, 3.8) is 0 Å². The summed E-state index contributed by atoms with van der Waals surface area (Å²) in [4.78, 5) is 11.6. The van der Waals surface area contributed by atoms with Gasteiger partial charge in [0.05, 0.1) is 6.10 Å². The average Bonchev–Trinajstić information content (AvgIpc) is 2.38. The zero-order valence-corrected chi connectivity index (χ0v) is 11.7. The summed E-state index contributed by atoms with van der Waals surface area (Å²) in [6.45, 7) is 4.61. The van der Waals surface area contributed by atoms with Gasteiger partial charge in [0.2, 0.25) is 0 Å². The lowest BCUT2D eigenvalue weighted by Crippen LogP contribution is -2.45. The summed E-state index contributed by atoms with van der Waals surface area (Å²) in [6, 6.07) is 0.182. The van der Waals surface area contributed by atoms with Crippen LogP contribution in [0.25, 0.3) is 0 Å². The minimum absolute atomic E-state index is 0.134. The molecule has 1 aliphatic carbocycles. The van der Waals surface area contributed by atoms with E-state index in [1.807, 2.05) is 6.92 Å². The second kappa shape index (κ2) is 8.35. The highest BCUT2D eigenvalue weighted by Gasteiger charge is 2.21. The van der Waals surface area contributed by atoms with Crippen LogP contribution in [0.1, 0.15) is 58.8 Å². The van der Waals surface area contributed by atoms with Gasteiger partial charge in [0, 0.05) is 12.6 Å². The summed E-state index contributed by atoms with van der Waals surface area (Å²) in [6.07, 6.45) is 7.12. The first kappa shape index (κ1) is 15.3. The first-order valence-electron chi connectivity index (χ1n) is 7.38. The van der Waals surface area contributed by atoms with E-state index in [9.17, 15) is 9.90 Å². The van der Waals surface area contributed by atoms with E-state index in [1.165, 1.54) is 19.3 Å². The molecule has 3 N–H and O–H groups in total. The van der Waals surface area contributed by atoms with Gasteiger partial charge >= 0.3 is 6.03 Å². The Hall–Kier alpha value is -0.770. The summed E-state index contributed by atoms with van der Waals surface area (Å²) in [5.74, 6) is 0.845. The topological polar surface area (TPSA) is 61.4 Å². The molecule has 18 heavy (non-hydrogen) atoms. The fourth-order valence-corrected chi connectivity index (χ4v) is 2.60. The van der Waals surface area contributed by atoms with Crippen LogP contribution in [-0.4, -0.2) is 29.8 Å². The fourth-order valence-electron chi connectivity index (χ4n) is 2.60. The molecule has 4 heteroatoms. The third-order valence-corrected chi connectivity index (χ3v) is 3.88. The molecule has 0 saturated heterocycles. The van der Waals surface area contributed by atoms with Crippen molar-refractivity contribution < 1.29 is 9.90 Å². The molecule has 0 bridgehead atoms. The number of aliphatic hydroxyl groups excluding tert-OH is 1. The maximum Gasteiger partial charge on any atom is 0.315 e. The average molecular weight is 256 g/mol. The van der Waals surface area contributed by atoms with Crippen LogP contribution < -0.4 is 10.6 Å². The molecule has 0 aromatic carbocycles. The third kappa shape index (κ3) is 5.71. The second-order valence-electron chi connectivity index (χ2n) is 5.42. The van der Waals surface area contributed by atoms with Crippen molar-refractivity contribution in [2.45, 2.75) is 70.9 Å². The predicted molar refractivity (Wildman–Crippen MR) is 73.5 cm³/mol. The van der Waals surface area contributed by atoms with Crippen molar-refractivity contribution in [2.24, 2.45) is 5.92 Å². The van der Waals surface area contributed by atoms with Gasteiger partial charge in [-0.1, -0.05) is 26.7 Å². The second-order valence-corrected chi connectivity index (χ2v) is 5.42. The number of hydrogen-bond acceptors (Lipinski definition) is 2. The van der Waals surface area contributed by atoms with E-state index >= 15 is 0 Å². The van der Waals surface area contributed by atoms with E-state index in [1.54, 1.807) is 0 Å². The summed E-state index contributed by atoms with van der Waals surface area (Å²) in [7, 11) is 0. The van der Waals surface area contributed by atoms with E-state index in [4.69, 9.17) is 0 Å². The number of hydrogen-bond donors (Lipinski definition) is 3. The maximum atomic E-state index is 11.6. The maximum absolute atomic E-state index is 11.6. The molecule has 0 heterocycles. The van der Waals surface area contributed by atoms with Crippen molar-refractivity contribution in [1.29, 1.82) is 0 Å². The smallest absolute Gasteiger partial charge is 0.315 e. The Kier molecular flexibility index (Phi) is 7.09. The van der Waals surface area contributed by atoms with E-state index in [0.717, 1.165) is 31.6 Å². The van der Waals surface area contributed by atoms with E-state index in [0.29, 0.717) is 12.6 Å². The van der Waals surface area contributed by atoms with Crippen molar-refractivity contribution in [3.05, 3.63) is 0 Å². The number of aliphatic hydroxyl groups is 1. The summed E-state index contributed by atoms with van der Waals surface area (Å²) in [5.41, 5.74) is 0. The van der Waals surface area contributed by atoms with E-state index < -0.39 is 6.10 Å². The number of carbonyl (C=O) groups excluding carboxylic acids is 1. The summed E-state index contributed by atoms with van der Waals surface area (Å²) < 4.78 is 0. The van der Waals surface area contributed by atoms with Gasteiger partial charge in [0.25, 0.3) is 0 Å². The van der Waals surface area contributed by atoms with Crippen LogP contribution in [0.3, 0.4) is 0 Å². The van der Waals surface area contributed by atoms with Crippen molar-refractivity contribution in [1.82, 2.24) is 10.6 Å². The normalized spacial score (nSPS) is 25.5.